The van der Waals surface area contributed by atoms with E-state index in [2.05, 4.69) is 21.0 Å². The summed E-state index contributed by atoms with van der Waals surface area (Å²) in [5.74, 6) is -1.43. The molecule has 1 fully saturated rings. The van der Waals surface area contributed by atoms with Gasteiger partial charge in [0.2, 0.25) is 11.8 Å². The van der Waals surface area contributed by atoms with Gasteiger partial charge in [-0.15, -0.1) is 0 Å². The van der Waals surface area contributed by atoms with Crippen LogP contribution >= 0.6 is 0 Å². The topological polar surface area (TPSA) is 132 Å². The monoisotopic (exact) mass is 533 g/mol. The lowest BCUT2D eigenvalue weighted by molar-refractivity contribution is -0.125. The molecule has 1 aliphatic heterocycles. The van der Waals surface area contributed by atoms with Crippen molar-refractivity contribution in [3.63, 3.8) is 0 Å². The van der Waals surface area contributed by atoms with E-state index in [9.17, 15) is 18.8 Å². The second-order valence-corrected chi connectivity index (χ2v) is 10.6. The van der Waals surface area contributed by atoms with Gasteiger partial charge in [-0.25, -0.2) is 4.39 Å². The zero-order valence-electron chi connectivity index (χ0n) is 22.3. The van der Waals surface area contributed by atoms with Gasteiger partial charge in [-0.1, -0.05) is 45.0 Å². The fourth-order valence-electron chi connectivity index (χ4n) is 4.52. The van der Waals surface area contributed by atoms with Gasteiger partial charge in [0.1, 0.15) is 11.9 Å². The molecule has 0 bridgehead atoms. The molecule has 4 rings (SSSR count). The lowest BCUT2D eigenvalue weighted by Crippen LogP contribution is -2.55. The van der Waals surface area contributed by atoms with Crippen LogP contribution in [0.1, 0.15) is 42.4 Å². The Morgan fingerprint density at radius 1 is 1.23 bits per heavy atom. The number of nitrogens with one attached hydrogen (secondary N) is 3. The minimum atomic E-state index is -0.852. The van der Waals surface area contributed by atoms with E-state index in [1.54, 1.807) is 24.3 Å². The highest BCUT2D eigenvalue weighted by molar-refractivity contribution is 6.06. The Balaban J connectivity index is 1.51. The third-order valence-corrected chi connectivity index (χ3v) is 6.62. The van der Waals surface area contributed by atoms with E-state index < -0.39 is 23.2 Å². The van der Waals surface area contributed by atoms with Crippen molar-refractivity contribution >= 4 is 28.6 Å². The highest BCUT2D eigenvalue weighted by atomic mass is 19.1. The lowest BCUT2D eigenvalue weighted by Gasteiger charge is -2.31. The standard InChI is InChI=1S/C28H32FN7O3/c1-28(2,3)25(27(39)32-11-13-35-12-10-31-23(37)17-35)33-26(38)24-20-6-4-5-7-22(20)36(34-24)16-19-9-8-18(15-30)14-21(19)29/h4-9,14,25H,10-13,16-17H2,1-3H3,(H,31,37)(H,32,39)(H,33,38)/t25-/m1/s1. The first-order valence-electron chi connectivity index (χ1n) is 12.8. The molecule has 10 nitrogen and oxygen atoms in total. The molecule has 39 heavy (non-hydrogen) atoms. The van der Waals surface area contributed by atoms with Gasteiger partial charge >= 0.3 is 0 Å². The molecule has 2 aromatic carbocycles. The highest BCUT2D eigenvalue weighted by Crippen LogP contribution is 2.23. The quantitative estimate of drug-likeness (QED) is 0.405. The van der Waals surface area contributed by atoms with Crippen molar-refractivity contribution in [2.45, 2.75) is 33.4 Å². The molecule has 0 spiro atoms. The van der Waals surface area contributed by atoms with Crippen LogP contribution < -0.4 is 16.0 Å². The number of nitrogens with zero attached hydrogens (tertiary/aromatic N) is 4. The van der Waals surface area contributed by atoms with Crippen LogP contribution in [0.25, 0.3) is 10.9 Å². The van der Waals surface area contributed by atoms with Crippen LogP contribution in [0.4, 0.5) is 4.39 Å². The second kappa shape index (κ2) is 11.6. The molecule has 0 aliphatic carbocycles. The highest BCUT2D eigenvalue weighted by Gasteiger charge is 2.34. The molecule has 3 amide bonds. The summed E-state index contributed by atoms with van der Waals surface area (Å²) in [5.41, 5.74) is 0.700. The number of aromatic nitrogens is 2. The fraction of sp³-hybridized carbons (Fsp3) is 0.393. The molecule has 11 heteroatoms. The largest absolute Gasteiger partial charge is 0.354 e. The predicted molar refractivity (Wildman–Crippen MR) is 143 cm³/mol. The maximum atomic E-state index is 14.6. The number of para-hydroxylation sites is 1. The first-order valence-corrected chi connectivity index (χ1v) is 12.8. The van der Waals surface area contributed by atoms with Crippen molar-refractivity contribution in [3.8, 4) is 6.07 Å². The van der Waals surface area contributed by atoms with Crippen LogP contribution in [0.2, 0.25) is 0 Å². The minimum Gasteiger partial charge on any atom is -0.354 e. The minimum absolute atomic E-state index is 0.0407. The zero-order valence-corrected chi connectivity index (χ0v) is 22.3. The molecule has 3 N–H and O–H groups in total. The van der Waals surface area contributed by atoms with Crippen molar-refractivity contribution in [1.82, 2.24) is 30.6 Å². The summed E-state index contributed by atoms with van der Waals surface area (Å²) >= 11 is 0. The Hall–Kier alpha value is -4.30. The Morgan fingerprint density at radius 2 is 2.00 bits per heavy atom. The molecule has 2 heterocycles. The van der Waals surface area contributed by atoms with E-state index in [0.29, 0.717) is 42.6 Å². The molecule has 0 unspecified atom stereocenters. The smallest absolute Gasteiger partial charge is 0.273 e. The molecule has 1 saturated heterocycles. The van der Waals surface area contributed by atoms with Gasteiger partial charge in [0.25, 0.3) is 5.91 Å². The van der Waals surface area contributed by atoms with Crippen molar-refractivity contribution in [2.24, 2.45) is 5.41 Å². The maximum absolute atomic E-state index is 14.6. The van der Waals surface area contributed by atoms with Crippen molar-refractivity contribution in [3.05, 3.63) is 65.1 Å². The van der Waals surface area contributed by atoms with Crippen molar-refractivity contribution in [2.75, 3.05) is 32.7 Å². The van der Waals surface area contributed by atoms with Crippen LogP contribution in [-0.4, -0.2) is 71.2 Å². The third-order valence-electron chi connectivity index (χ3n) is 6.62. The van der Waals surface area contributed by atoms with Gasteiger partial charge in [-0.2, -0.15) is 10.4 Å². The molecule has 1 aliphatic rings. The molecule has 204 valence electrons. The SMILES string of the molecule is CC(C)(C)[C@H](NC(=O)c1nn(Cc2ccc(C#N)cc2F)c2ccccc12)C(=O)NCCN1CCNC(=O)C1. The zero-order chi connectivity index (χ0) is 28.2. The average molecular weight is 534 g/mol. The molecule has 1 atom stereocenters. The summed E-state index contributed by atoms with van der Waals surface area (Å²) < 4.78 is 16.1. The number of carbonyl (C=O) groups is 3. The van der Waals surface area contributed by atoms with E-state index in [4.69, 9.17) is 5.26 Å². The second-order valence-electron chi connectivity index (χ2n) is 10.6. The summed E-state index contributed by atoms with van der Waals surface area (Å²) in [5, 5.41) is 22.6. The van der Waals surface area contributed by atoms with Crippen molar-refractivity contribution < 1.29 is 18.8 Å². The molecule has 0 saturated carbocycles. The molecule has 1 aromatic heterocycles. The maximum Gasteiger partial charge on any atom is 0.273 e. The first kappa shape index (κ1) is 27.7. The molecule has 0 radical (unpaired) electrons. The number of fused-ring (bicyclic) bond motifs is 1. The average Bonchev–Trinajstić information content (AvgIpc) is 3.26. The van der Waals surface area contributed by atoms with Crippen LogP contribution in [0.3, 0.4) is 0 Å². The molecule has 3 aromatic rings. The number of hydrogen-bond acceptors (Lipinski definition) is 6. The lowest BCUT2D eigenvalue weighted by atomic mass is 9.86. The predicted octanol–water partition coefficient (Wildman–Crippen LogP) is 1.79. The number of rotatable bonds is 8. The van der Waals surface area contributed by atoms with Crippen LogP contribution in [0.5, 0.6) is 0 Å². The Morgan fingerprint density at radius 3 is 2.69 bits per heavy atom. The number of halogens is 1. The van der Waals surface area contributed by atoms with E-state index >= 15 is 0 Å². The van der Waals surface area contributed by atoms with E-state index in [0.717, 1.165) is 0 Å². The first-order chi connectivity index (χ1) is 18.6. The number of piperazine rings is 1. The number of carbonyl (C=O) groups excluding carboxylic acids is 3. The Bertz CT molecular complexity index is 1440. The van der Waals surface area contributed by atoms with Crippen LogP contribution in [-0.2, 0) is 16.1 Å². The summed E-state index contributed by atoms with van der Waals surface area (Å²) in [6.07, 6.45) is 0. The normalized spacial score (nSPS) is 14.9. The number of nitriles is 1. The van der Waals surface area contributed by atoms with Gasteiger partial charge in [-0.05, 0) is 23.6 Å². The van der Waals surface area contributed by atoms with Crippen LogP contribution in [0, 0.1) is 22.6 Å². The number of benzene rings is 2. The van der Waals surface area contributed by atoms with Gasteiger partial charge in [0, 0.05) is 37.1 Å². The number of amides is 3. The molecular weight excluding hydrogens is 501 g/mol. The summed E-state index contributed by atoms with van der Waals surface area (Å²) in [4.78, 5) is 40.2. The van der Waals surface area contributed by atoms with Gasteiger partial charge in [0.05, 0.1) is 30.2 Å². The Kier molecular flexibility index (Phi) is 8.26. The van der Waals surface area contributed by atoms with E-state index in [1.165, 1.54) is 22.9 Å². The third kappa shape index (κ3) is 6.59. The van der Waals surface area contributed by atoms with E-state index in [-0.39, 0.29) is 36.2 Å². The van der Waals surface area contributed by atoms with Crippen molar-refractivity contribution in [1.29, 1.82) is 5.26 Å². The van der Waals surface area contributed by atoms with E-state index in [1.807, 2.05) is 31.7 Å². The summed E-state index contributed by atoms with van der Waals surface area (Å²) in [7, 11) is 0. The van der Waals surface area contributed by atoms with Gasteiger partial charge in [-0.3, -0.25) is 24.0 Å². The Labute approximate surface area is 226 Å². The van der Waals surface area contributed by atoms with Gasteiger partial charge in [0.15, 0.2) is 5.69 Å². The number of hydrogen-bond donors (Lipinski definition) is 3. The summed E-state index contributed by atoms with van der Waals surface area (Å²) in [6.45, 7) is 8.06. The summed E-state index contributed by atoms with van der Waals surface area (Å²) in [6, 6.07) is 12.4. The van der Waals surface area contributed by atoms with Crippen LogP contribution in [0.15, 0.2) is 42.5 Å². The fourth-order valence-corrected chi connectivity index (χ4v) is 4.52. The van der Waals surface area contributed by atoms with Gasteiger partial charge < -0.3 is 16.0 Å². The molecular formula is C28H32FN7O3.